The third-order valence-electron chi connectivity index (χ3n) is 16.4. The lowest BCUT2D eigenvalue weighted by molar-refractivity contribution is 0.675. The zero-order valence-corrected chi connectivity index (χ0v) is 41.5. The van der Waals surface area contributed by atoms with Crippen molar-refractivity contribution in [1.82, 2.24) is 0 Å². The number of hydrogen-bond donors (Lipinski definition) is 0. The highest BCUT2D eigenvalue weighted by Gasteiger charge is 2.57. The summed E-state index contributed by atoms with van der Waals surface area (Å²) in [5.74, 6) is 0. The Labute approximate surface area is 479 Å². The molecule has 4 bridgehead atoms. The van der Waals surface area contributed by atoms with Gasteiger partial charge in [-0.3, -0.25) is 0 Å². The summed E-state index contributed by atoms with van der Waals surface area (Å²) in [5.41, 5.74) is 5.52. The van der Waals surface area contributed by atoms with Gasteiger partial charge in [-0.25, -0.2) is 0 Å². The molecule has 47 radical (unpaired) electrons. The van der Waals surface area contributed by atoms with Crippen molar-refractivity contribution in [3.05, 3.63) is 57.6 Å². The van der Waals surface area contributed by atoms with Crippen molar-refractivity contribution in [2.24, 2.45) is 0 Å². The molecule has 2 heterocycles. The van der Waals surface area contributed by atoms with Crippen LogP contribution >= 0.6 is 0 Å². The van der Waals surface area contributed by atoms with Gasteiger partial charge in [0.25, 0.3) is 0 Å². The van der Waals surface area contributed by atoms with Crippen molar-refractivity contribution in [3.8, 4) is 33.4 Å². The minimum Gasteiger partial charge on any atom is -0.457 e. The van der Waals surface area contributed by atoms with Gasteiger partial charge in [-0.05, 0) is 88.2 Å². The Morgan fingerprint density at radius 1 is 0.338 bits per heavy atom. The van der Waals surface area contributed by atoms with E-state index in [1.165, 1.54) is 0 Å². The predicted molar refractivity (Wildman–Crippen MR) is 349 cm³/mol. The fraction of sp³-hybridized carbons (Fsp3) is 0.0588. The van der Waals surface area contributed by atoms with Gasteiger partial charge >= 0.3 is 0 Å². The van der Waals surface area contributed by atoms with E-state index in [4.69, 9.17) is 185 Å². The van der Waals surface area contributed by atoms with Gasteiger partial charge in [-0.15, -0.1) is 54.6 Å². The molecular formula is C51H10B24NO. The normalized spacial score (nSPS) is 14.6. The van der Waals surface area contributed by atoms with Crippen LogP contribution in [0.25, 0.3) is 55.3 Å². The fourth-order valence-corrected chi connectivity index (χ4v) is 12.6. The van der Waals surface area contributed by atoms with E-state index in [0.29, 0.717) is 83.5 Å². The Morgan fingerprint density at radius 2 is 0.779 bits per heavy atom. The maximum absolute atomic E-state index is 7.65. The van der Waals surface area contributed by atoms with E-state index < -0.39 is 5.41 Å². The van der Waals surface area contributed by atoms with Crippen molar-refractivity contribution in [2.75, 3.05) is 4.90 Å². The van der Waals surface area contributed by atoms with E-state index in [2.05, 4.69) is 0 Å². The summed E-state index contributed by atoms with van der Waals surface area (Å²) in [4.78, 5) is 1.82. The van der Waals surface area contributed by atoms with E-state index in [1.54, 1.807) is 38.5 Å². The van der Waals surface area contributed by atoms with Crippen LogP contribution in [0.4, 0.5) is 17.1 Å². The van der Waals surface area contributed by atoms with Crippen LogP contribution in [0.5, 0.6) is 0 Å². The molecule has 0 fully saturated rings. The monoisotopic (exact) mass is 916 g/mol. The third-order valence-corrected chi connectivity index (χ3v) is 16.4. The topological polar surface area (TPSA) is 16.4 Å². The molecule has 3 aliphatic rings. The molecule has 12 rings (SSSR count). The summed E-state index contributed by atoms with van der Waals surface area (Å²) >= 11 is 0. The van der Waals surface area contributed by atoms with E-state index in [0.717, 1.165) is 0 Å². The molecule has 2 aliphatic carbocycles. The van der Waals surface area contributed by atoms with Gasteiger partial charge in [0.2, 0.25) is 0 Å². The summed E-state index contributed by atoms with van der Waals surface area (Å²) in [5, 5.41) is 0.573. The van der Waals surface area contributed by atoms with Crippen LogP contribution in [-0.4, -0.2) is 188 Å². The lowest BCUT2D eigenvalue weighted by Gasteiger charge is -2.38. The Kier molecular flexibility index (Phi) is 11.8. The third kappa shape index (κ3) is 6.32. The zero-order valence-electron chi connectivity index (χ0n) is 41.5. The minimum absolute atomic E-state index is 0.00357. The van der Waals surface area contributed by atoms with Crippen molar-refractivity contribution in [3.63, 3.8) is 0 Å². The Hall–Kier alpha value is -5.08. The molecule has 1 aromatic heterocycles. The summed E-state index contributed by atoms with van der Waals surface area (Å²) in [6, 6.07) is 6.79. The first-order valence-corrected chi connectivity index (χ1v) is 23.6. The molecule has 77 heavy (non-hydrogen) atoms. The molecule has 0 saturated carbocycles. The quantitative estimate of drug-likeness (QED) is 0.161. The highest BCUT2D eigenvalue weighted by atomic mass is 16.3. The van der Waals surface area contributed by atoms with E-state index in [9.17, 15) is 0 Å². The van der Waals surface area contributed by atoms with Crippen LogP contribution in [0.2, 0.25) is 0 Å². The maximum atomic E-state index is 7.65. The number of furan rings is 1. The average Bonchev–Trinajstić information content (AvgIpc) is 4.00. The van der Waals surface area contributed by atoms with Gasteiger partial charge < -0.3 is 9.32 Å². The zero-order chi connectivity index (χ0) is 55.7. The van der Waals surface area contributed by atoms with Crippen LogP contribution in [0, 0.1) is 13.8 Å². The molecule has 0 N–H and O–H groups in total. The first-order valence-electron chi connectivity index (χ1n) is 23.6. The Balaban J connectivity index is 1.36. The van der Waals surface area contributed by atoms with Crippen LogP contribution in [0.3, 0.4) is 0 Å². The first-order chi connectivity index (χ1) is 36.2. The Morgan fingerprint density at radius 3 is 1.36 bits per heavy atom. The smallest absolute Gasteiger partial charge is 0.189 e. The SMILES string of the molecule is [B]c1cc2c3c(c1C)C1(c4c([B])c([B])c(c([B])c4-3)[B]c3cc(c4c(oc5c([B])c([B])c([B])c([B])c54)c3[B])N2c2cc([B])c(-c3c([B])c([B])c([B])c([B])c3[B])c([B])c2)c2c([B])c([B])c([B])c([B])c2-c2c([B])c([B])c([B])c(C)c21. The second-order valence-electron chi connectivity index (χ2n) is 20.0. The molecule has 9 aromatic rings. The van der Waals surface area contributed by atoms with Crippen LogP contribution in [-0.2, 0) is 5.41 Å². The summed E-state index contributed by atoms with van der Waals surface area (Å²) in [6.07, 6.45) is 0. The number of fused-ring (bicyclic) bond motifs is 14. The predicted octanol–water partition coefficient (Wildman–Crippen LogP) is -16.1. The molecule has 2 nitrogen and oxygen atoms in total. The highest BCUT2D eigenvalue weighted by Crippen LogP contribution is 2.64. The molecule has 0 amide bonds. The van der Waals surface area contributed by atoms with Crippen molar-refractivity contribution >= 4 is 363 Å². The molecular weight excluding hydrogens is 902 g/mol. The molecule has 1 spiro atoms. The van der Waals surface area contributed by atoms with Crippen LogP contribution in [0.15, 0.2) is 28.7 Å². The number of rotatable bonds is 2. The number of benzene rings is 8. The van der Waals surface area contributed by atoms with Gasteiger partial charge in [0.1, 0.15) is 192 Å². The molecule has 1 aliphatic heterocycles. The standard InChI is InChI=1S/C51H10B24NO/c1-7-10(52)5-14-17-19-26(51(24(7)17)25-8(2)28(55)38(65)30(57)20(25)21-27(51)36(63)43(70)39(66)31(21)58)37(64)46(73)48(35(19)62)75-13-6-15(18-23-34(61)42(69)45(72)47(74)50(23)77-49(18)29(13)56)76(14)9-3-11(53)16(12(54)4-9)22-32(59)40(67)44(71)41(68)33(22)60/h3-6H,1-2H3. The second kappa shape index (κ2) is 17.2. The first kappa shape index (κ1) is 52.6. The average molecular weight is 912 g/mol. The van der Waals surface area contributed by atoms with Crippen LogP contribution in [0.1, 0.15) is 33.4 Å². The lowest BCUT2D eigenvalue weighted by atomic mass is 9.49. The lowest BCUT2D eigenvalue weighted by Crippen LogP contribution is -2.58. The van der Waals surface area contributed by atoms with Gasteiger partial charge in [0, 0.05) is 16.6 Å². The molecule has 1 atom stereocenters. The number of nitrogens with zero attached hydrogens (tertiary/aromatic N) is 1. The minimum atomic E-state index is -1.71. The molecule has 26 heteroatoms. The maximum Gasteiger partial charge on any atom is 0.189 e. The molecule has 297 valence electrons. The molecule has 0 saturated heterocycles. The van der Waals surface area contributed by atoms with E-state index >= 15 is 0 Å². The van der Waals surface area contributed by atoms with Gasteiger partial charge in [0.05, 0.1) is 22.2 Å². The summed E-state index contributed by atoms with van der Waals surface area (Å²) in [7, 11) is 161. The highest BCUT2D eigenvalue weighted by molar-refractivity contribution is 6.81. The largest absolute Gasteiger partial charge is 0.457 e. The Bertz CT molecular complexity index is 4270. The fourth-order valence-electron chi connectivity index (χ4n) is 12.6. The van der Waals surface area contributed by atoms with E-state index in [-0.39, 0.29) is 159 Å². The van der Waals surface area contributed by atoms with Gasteiger partial charge in [0.15, 0.2) is 7.28 Å². The van der Waals surface area contributed by atoms with Crippen LogP contribution < -0.4 is 141 Å². The van der Waals surface area contributed by atoms with Gasteiger partial charge in [-0.2, -0.15) is 0 Å². The van der Waals surface area contributed by atoms with Crippen molar-refractivity contribution < 1.29 is 4.42 Å². The second-order valence-corrected chi connectivity index (χ2v) is 20.0. The number of anilines is 3. The summed E-state index contributed by atoms with van der Waals surface area (Å²) < 4.78 is 6.66. The van der Waals surface area contributed by atoms with Crippen molar-refractivity contribution in [2.45, 2.75) is 19.3 Å². The van der Waals surface area contributed by atoms with E-state index in [1.807, 2.05) is 11.8 Å². The molecule has 8 aromatic carbocycles. The summed E-state index contributed by atoms with van der Waals surface area (Å²) in [6.45, 7) is 3.63. The van der Waals surface area contributed by atoms with Crippen molar-refractivity contribution in [1.29, 1.82) is 0 Å². The molecule has 1 unspecified atom stereocenters. The van der Waals surface area contributed by atoms with Gasteiger partial charge in [-0.1, -0.05) is 93.1 Å². The number of hydrogen-bond acceptors (Lipinski definition) is 2.